The van der Waals surface area contributed by atoms with E-state index >= 15 is 0 Å². The smallest absolute Gasteiger partial charge is 0.252 e. The lowest BCUT2D eigenvalue weighted by Crippen LogP contribution is -2.61. The molecule has 84 heavy (non-hydrogen) atoms. The standard InChI is InChI=1S/C77H57BN6/c1-76(2,3)55-36-39-67-62(42-55)63-43-56(77(4,5)6)44-66(81-7)75(63)82(67)57-45-70-72-71(46-57)84(74-60(53-26-16-10-17-27-53)32-21-33-61(74)54-28-18-11-19-29-54)69-38-35-50(48-80)41-65(69)78(72)64-40-49(47-79)34-37-68(64)83(70)73-58(51-22-12-8-13-23-51)30-20-31-59(73)52-24-14-9-15-25-52/h8-46H,1-6H3. The second-order valence-corrected chi connectivity index (χ2v) is 24.2. The number of rotatable bonds is 7. The maximum atomic E-state index is 10.9. The number of anilines is 6. The highest BCUT2D eigenvalue weighted by Gasteiger charge is 2.46. The summed E-state index contributed by atoms with van der Waals surface area (Å²) in [5.74, 6) is 0. The molecule has 0 aliphatic carbocycles. The van der Waals surface area contributed by atoms with Crippen molar-refractivity contribution in [1.29, 1.82) is 10.5 Å². The lowest BCUT2D eigenvalue weighted by Gasteiger charge is -2.46. The second kappa shape index (κ2) is 19.8. The van der Waals surface area contributed by atoms with Crippen molar-refractivity contribution in [3.8, 4) is 62.3 Å². The van der Waals surface area contributed by atoms with E-state index in [9.17, 15) is 10.5 Å². The van der Waals surface area contributed by atoms with Crippen molar-refractivity contribution in [1.82, 2.24) is 4.57 Å². The molecule has 0 bridgehead atoms. The molecular weight excluding hydrogens is 1020 g/mol. The Kier molecular flexibility index (Phi) is 12.1. The van der Waals surface area contributed by atoms with Crippen LogP contribution in [0, 0.1) is 29.2 Å². The zero-order valence-corrected chi connectivity index (χ0v) is 47.8. The first-order valence-electron chi connectivity index (χ1n) is 28.7. The summed E-state index contributed by atoms with van der Waals surface area (Å²) >= 11 is 0. The molecule has 11 aromatic carbocycles. The largest absolute Gasteiger partial charge is 0.319 e. The zero-order valence-electron chi connectivity index (χ0n) is 47.8. The molecule has 398 valence electrons. The lowest BCUT2D eigenvalue weighted by molar-refractivity contribution is 0.590. The van der Waals surface area contributed by atoms with Gasteiger partial charge in [0.2, 0.25) is 5.69 Å². The average Bonchev–Trinajstić information content (AvgIpc) is 1.05. The Morgan fingerprint density at radius 2 is 0.833 bits per heavy atom. The van der Waals surface area contributed by atoms with Gasteiger partial charge in [-0.05, 0) is 121 Å². The van der Waals surface area contributed by atoms with Crippen molar-refractivity contribution in [3.05, 3.63) is 270 Å². The molecule has 0 radical (unpaired) electrons. The third-order valence-corrected chi connectivity index (χ3v) is 17.1. The Morgan fingerprint density at radius 1 is 0.417 bits per heavy atom. The molecule has 0 unspecified atom stereocenters. The van der Waals surface area contributed by atoms with Crippen LogP contribution in [0.25, 0.3) is 76.8 Å². The van der Waals surface area contributed by atoms with Crippen molar-refractivity contribution in [3.63, 3.8) is 0 Å². The van der Waals surface area contributed by atoms with Gasteiger partial charge in [-0.3, -0.25) is 0 Å². The molecule has 1 aromatic heterocycles. The number of benzene rings is 11. The minimum absolute atomic E-state index is 0.151. The van der Waals surface area contributed by atoms with E-state index in [0.29, 0.717) is 16.8 Å². The Balaban J connectivity index is 1.22. The van der Waals surface area contributed by atoms with Gasteiger partial charge in [0, 0.05) is 56.1 Å². The highest BCUT2D eigenvalue weighted by molar-refractivity contribution is 7.00. The van der Waals surface area contributed by atoms with Crippen molar-refractivity contribution in [2.24, 2.45) is 0 Å². The first kappa shape index (κ1) is 51.5. The minimum Gasteiger partial charge on any atom is -0.319 e. The van der Waals surface area contributed by atoms with E-state index in [1.165, 1.54) is 5.56 Å². The number of hydrogen-bond donors (Lipinski definition) is 0. The number of nitriles is 2. The topological polar surface area (TPSA) is 63.4 Å². The van der Waals surface area contributed by atoms with Gasteiger partial charge in [0.25, 0.3) is 6.71 Å². The molecule has 0 saturated heterocycles. The summed E-state index contributed by atoms with van der Waals surface area (Å²) in [4.78, 5) is 9.34. The Bertz CT molecular complexity index is 4440. The maximum Gasteiger partial charge on any atom is 0.252 e. The molecule has 2 aliphatic heterocycles. The molecule has 12 aromatic rings. The number of nitrogens with zero attached hydrogens (tertiary/aromatic N) is 6. The Labute approximate surface area is 491 Å². The Hall–Kier alpha value is -10.6. The molecule has 0 amide bonds. The van der Waals surface area contributed by atoms with Crippen LogP contribution in [-0.2, 0) is 10.8 Å². The molecule has 7 heteroatoms. The molecule has 0 N–H and O–H groups in total. The molecule has 0 fully saturated rings. The summed E-state index contributed by atoms with van der Waals surface area (Å²) in [6.07, 6.45) is 0. The van der Waals surface area contributed by atoms with Gasteiger partial charge >= 0.3 is 0 Å². The van der Waals surface area contributed by atoms with Gasteiger partial charge in [-0.25, -0.2) is 4.85 Å². The van der Waals surface area contributed by atoms with Crippen molar-refractivity contribution < 1.29 is 0 Å². The van der Waals surface area contributed by atoms with Gasteiger partial charge in [-0.2, -0.15) is 10.5 Å². The van der Waals surface area contributed by atoms with E-state index in [1.807, 2.05) is 12.1 Å². The van der Waals surface area contributed by atoms with E-state index in [-0.39, 0.29) is 10.8 Å². The normalized spacial score (nSPS) is 12.5. The predicted octanol–water partition coefficient (Wildman–Crippen LogP) is 18.4. The number of aromatic nitrogens is 1. The van der Waals surface area contributed by atoms with Gasteiger partial charge in [0.15, 0.2) is 0 Å². The zero-order chi connectivity index (χ0) is 57.6. The second-order valence-electron chi connectivity index (χ2n) is 24.2. The van der Waals surface area contributed by atoms with Crippen LogP contribution in [0.5, 0.6) is 0 Å². The SMILES string of the molecule is [C-]#[N+]c1cc(C(C)(C)C)cc2c3cc(C(C)(C)C)ccc3n(-c3cc4c5c(c3)N(c3c(-c6ccccc6)cccc3-c3ccccc3)c3ccc(C#N)cc3B5c3cc(C#N)ccc3N4c3c(-c4ccccc4)cccc3-c3ccccc3)c12. The molecule has 0 spiro atoms. The van der Waals surface area contributed by atoms with Crippen molar-refractivity contribution in [2.75, 3.05) is 9.80 Å². The molecule has 14 rings (SSSR count). The van der Waals surface area contributed by atoms with Crippen LogP contribution in [0.4, 0.5) is 39.8 Å². The van der Waals surface area contributed by atoms with Crippen molar-refractivity contribution in [2.45, 2.75) is 52.4 Å². The van der Waals surface area contributed by atoms with Crippen LogP contribution in [-0.4, -0.2) is 11.3 Å². The number of para-hydroxylation sites is 2. The fourth-order valence-corrected chi connectivity index (χ4v) is 13.1. The highest BCUT2D eigenvalue weighted by Crippen LogP contribution is 2.54. The lowest BCUT2D eigenvalue weighted by atomic mass is 9.33. The van der Waals surface area contributed by atoms with Crippen LogP contribution >= 0.6 is 0 Å². The summed E-state index contributed by atoms with van der Waals surface area (Å²) in [5, 5.41) is 23.9. The van der Waals surface area contributed by atoms with Crippen LogP contribution in [0.2, 0.25) is 0 Å². The first-order chi connectivity index (χ1) is 40.8. The summed E-state index contributed by atoms with van der Waals surface area (Å²) in [7, 11) is 0. The average molecular weight is 1080 g/mol. The maximum absolute atomic E-state index is 10.9. The van der Waals surface area contributed by atoms with Crippen LogP contribution in [0.15, 0.2) is 237 Å². The number of fused-ring (bicyclic) bond motifs is 7. The molecular formula is C77H57BN6. The quantitative estimate of drug-likeness (QED) is 0.118. The minimum atomic E-state index is -0.447. The van der Waals surface area contributed by atoms with E-state index in [4.69, 9.17) is 6.57 Å². The molecule has 3 heterocycles. The van der Waals surface area contributed by atoms with E-state index in [0.717, 1.165) is 128 Å². The first-order valence-corrected chi connectivity index (χ1v) is 28.7. The summed E-state index contributed by atoms with van der Waals surface area (Å²) in [5.41, 5.74) is 23.2. The fraction of sp³-hybridized carbons (Fsp3) is 0.104. The van der Waals surface area contributed by atoms with E-state index in [2.05, 4.69) is 297 Å². The molecule has 6 nitrogen and oxygen atoms in total. The highest BCUT2D eigenvalue weighted by atomic mass is 15.2. The Morgan fingerprint density at radius 3 is 1.23 bits per heavy atom. The fourth-order valence-electron chi connectivity index (χ4n) is 13.1. The van der Waals surface area contributed by atoms with Gasteiger partial charge in [-0.1, -0.05) is 223 Å². The molecule has 0 atom stereocenters. The number of hydrogen-bond acceptors (Lipinski definition) is 4. The van der Waals surface area contributed by atoms with Crippen LogP contribution < -0.4 is 26.2 Å². The third-order valence-electron chi connectivity index (χ3n) is 17.1. The van der Waals surface area contributed by atoms with Crippen molar-refractivity contribution >= 4 is 84.7 Å². The van der Waals surface area contributed by atoms with Gasteiger partial charge in [0.05, 0.1) is 52.2 Å². The van der Waals surface area contributed by atoms with E-state index in [1.54, 1.807) is 0 Å². The van der Waals surface area contributed by atoms with Crippen LogP contribution in [0.1, 0.15) is 63.8 Å². The van der Waals surface area contributed by atoms with E-state index < -0.39 is 6.71 Å². The predicted molar refractivity (Wildman–Crippen MR) is 350 cm³/mol. The monoisotopic (exact) mass is 1080 g/mol. The van der Waals surface area contributed by atoms with Gasteiger partial charge in [-0.15, -0.1) is 0 Å². The van der Waals surface area contributed by atoms with Crippen LogP contribution in [0.3, 0.4) is 0 Å². The van der Waals surface area contributed by atoms with Gasteiger partial charge < -0.3 is 14.4 Å². The molecule has 2 aliphatic rings. The third kappa shape index (κ3) is 8.29. The molecule has 0 saturated carbocycles. The summed E-state index contributed by atoms with van der Waals surface area (Å²) < 4.78 is 2.35. The summed E-state index contributed by atoms with van der Waals surface area (Å²) in [6, 6.07) is 89.0. The van der Waals surface area contributed by atoms with Gasteiger partial charge in [0.1, 0.15) is 0 Å². The summed E-state index contributed by atoms with van der Waals surface area (Å²) in [6.45, 7) is 22.0.